The van der Waals surface area contributed by atoms with E-state index in [0.29, 0.717) is 0 Å². The highest BCUT2D eigenvalue weighted by atomic mass is 32.2. The van der Waals surface area contributed by atoms with Crippen molar-refractivity contribution in [2.45, 2.75) is 0 Å². The smallest absolute Gasteiger partial charge is 0.283 e. The summed E-state index contributed by atoms with van der Waals surface area (Å²) in [7, 11) is -2.56. The molecule has 0 radical (unpaired) electrons. The van der Waals surface area contributed by atoms with Gasteiger partial charge in [-0.25, -0.2) is 0 Å². The van der Waals surface area contributed by atoms with Gasteiger partial charge in [0.1, 0.15) is 10.2 Å². The molecule has 0 aliphatic heterocycles. The molecule has 0 bridgehead atoms. The first-order valence-electron chi connectivity index (χ1n) is 2.22. The van der Waals surface area contributed by atoms with E-state index >= 15 is 0 Å². The first-order chi connectivity index (χ1) is 4.33. The van der Waals surface area contributed by atoms with Crippen LogP contribution in [0.2, 0.25) is 0 Å². The van der Waals surface area contributed by atoms with E-state index in [1.807, 2.05) is 0 Å². The van der Waals surface area contributed by atoms with E-state index in [1.165, 1.54) is 7.05 Å². The molecule has 0 saturated carbocycles. The van der Waals surface area contributed by atoms with Crippen LogP contribution in [0.25, 0.3) is 0 Å². The fourth-order valence-corrected chi connectivity index (χ4v) is 1.23. The molecule has 4 nitrogen and oxygen atoms in total. The van der Waals surface area contributed by atoms with Gasteiger partial charge in [-0.2, -0.15) is 8.42 Å². The van der Waals surface area contributed by atoms with Crippen molar-refractivity contribution in [2.75, 3.05) is 12.9 Å². The quantitative estimate of drug-likeness (QED) is 0.373. The highest BCUT2D eigenvalue weighted by molar-refractivity contribution is 8.11. The molecule has 1 N–H and O–H groups in total. The lowest BCUT2D eigenvalue weighted by Gasteiger charge is -2.12. The summed E-state index contributed by atoms with van der Waals surface area (Å²) in [6.45, 7) is 0. The Kier molecular flexibility index (Phi) is 3.57. The fourth-order valence-electron chi connectivity index (χ4n) is 0.300. The van der Waals surface area contributed by atoms with Gasteiger partial charge >= 0.3 is 0 Å². The first kappa shape index (κ1) is 10.2. The van der Waals surface area contributed by atoms with E-state index in [4.69, 9.17) is 4.55 Å². The van der Waals surface area contributed by atoms with Crippen LogP contribution in [0.4, 0.5) is 0 Å². The van der Waals surface area contributed by atoms with Gasteiger partial charge in [-0.05, 0) is 0 Å². The molecule has 7 heteroatoms. The normalized spacial score (nSPS) is 11.1. The van der Waals surface area contributed by atoms with Crippen molar-refractivity contribution < 1.29 is 13.0 Å². The Hall–Kier alpha value is 0.150. The predicted octanol–water partition coefficient (Wildman–Crippen LogP) is -0.0218. The van der Waals surface area contributed by atoms with E-state index < -0.39 is 16.0 Å². The van der Waals surface area contributed by atoms with Crippen molar-refractivity contribution in [1.82, 2.24) is 4.90 Å². The van der Waals surface area contributed by atoms with Crippen LogP contribution in [0.5, 0.6) is 0 Å². The molecule has 0 rings (SSSR count). The summed E-state index contributed by atoms with van der Waals surface area (Å²) in [6, 6.07) is 0. The van der Waals surface area contributed by atoms with E-state index in [0.717, 1.165) is 4.90 Å². The van der Waals surface area contributed by atoms with E-state index in [1.54, 1.807) is 0 Å². The zero-order chi connectivity index (χ0) is 8.36. The van der Waals surface area contributed by atoms with Crippen molar-refractivity contribution in [3.63, 3.8) is 0 Å². The summed E-state index contributed by atoms with van der Waals surface area (Å²) in [5, 5.41) is 0. The Labute approximate surface area is 70.4 Å². The van der Waals surface area contributed by atoms with Crippen LogP contribution < -0.4 is 0 Å². The van der Waals surface area contributed by atoms with Gasteiger partial charge in [-0.3, -0.25) is 4.55 Å². The highest BCUT2D eigenvalue weighted by Crippen LogP contribution is 1.94. The maximum atomic E-state index is 10.2. The Bertz CT molecular complexity index is 221. The molecule has 0 aliphatic rings. The Morgan fingerprint density at radius 2 is 2.20 bits per heavy atom. The third-order valence-corrected chi connectivity index (χ3v) is 2.05. The van der Waals surface area contributed by atoms with Crippen LogP contribution in [0.3, 0.4) is 0 Å². The largest absolute Gasteiger partial charge is 0.345 e. The third kappa shape index (κ3) is 4.98. The average molecular weight is 201 g/mol. The Morgan fingerprint density at radius 3 is 2.30 bits per heavy atom. The topological polar surface area (TPSA) is 57.6 Å². The molecule has 0 amide bonds. The lowest BCUT2D eigenvalue weighted by Crippen LogP contribution is -2.27. The molecule has 0 aliphatic carbocycles. The molecule has 0 saturated heterocycles. The second kappa shape index (κ2) is 3.51. The first-order valence-corrected chi connectivity index (χ1v) is 4.68. The SMILES string of the molecule is CN(CS(=O)(=O)O)C(=S)S. The number of hydrogen-bond donors (Lipinski definition) is 2. The summed E-state index contributed by atoms with van der Waals surface area (Å²) in [4.78, 5) is 1.13. The summed E-state index contributed by atoms with van der Waals surface area (Å²) in [5.74, 6) is -0.519. The summed E-state index contributed by atoms with van der Waals surface area (Å²) < 4.78 is 28.7. The zero-order valence-electron chi connectivity index (χ0n) is 5.18. The molecule has 0 aromatic rings. The third-order valence-electron chi connectivity index (χ3n) is 0.683. The molecule has 10 heavy (non-hydrogen) atoms. The number of thiol groups is 1. The standard InChI is InChI=1S/C3H7NO3S3/c1-4(3(8)9)2-10(5,6)7/h2H2,1H3,(H,8,9)(H,5,6,7). The molecule has 0 heterocycles. The molecule has 0 spiro atoms. The van der Waals surface area contributed by atoms with E-state index in [2.05, 4.69) is 24.8 Å². The summed E-state index contributed by atoms with van der Waals surface area (Å²) >= 11 is 8.19. The summed E-state index contributed by atoms with van der Waals surface area (Å²) in [6.07, 6.45) is 0. The molecular formula is C3H7NO3S3. The molecule has 60 valence electrons. The van der Waals surface area contributed by atoms with Crippen molar-refractivity contribution >= 4 is 39.3 Å². The van der Waals surface area contributed by atoms with Gasteiger partial charge in [0, 0.05) is 7.05 Å². The maximum absolute atomic E-state index is 10.2. The Morgan fingerprint density at radius 1 is 1.80 bits per heavy atom. The van der Waals surface area contributed by atoms with Gasteiger partial charge in [0.15, 0.2) is 0 Å². The van der Waals surface area contributed by atoms with Crippen LogP contribution in [0, 0.1) is 0 Å². The highest BCUT2D eigenvalue weighted by Gasteiger charge is 2.09. The fraction of sp³-hybridized carbons (Fsp3) is 0.667. The van der Waals surface area contributed by atoms with Crippen LogP contribution in [0.1, 0.15) is 0 Å². The number of hydrogen-bond acceptors (Lipinski definition) is 3. The molecule has 0 aromatic heterocycles. The van der Waals surface area contributed by atoms with Crippen molar-refractivity contribution in [3.8, 4) is 0 Å². The van der Waals surface area contributed by atoms with Crippen molar-refractivity contribution in [3.05, 3.63) is 0 Å². The van der Waals surface area contributed by atoms with Gasteiger partial charge in [0.05, 0.1) is 0 Å². The van der Waals surface area contributed by atoms with Gasteiger partial charge in [-0.1, -0.05) is 12.2 Å². The molecule has 0 fully saturated rings. The van der Waals surface area contributed by atoms with Crippen molar-refractivity contribution in [2.24, 2.45) is 0 Å². The minimum atomic E-state index is -3.98. The monoisotopic (exact) mass is 201 g/mol. The van der Waals surface area contributed by atoms with Gasteiger partial charge in [-0.15, -0.1) is 12.6 Å². The lowest BCUT2D eigenvalue weighted by molar-refractivity contribution is 0.457. The van der Waals surface area contributed by atoms with Crippen molar-refractivity contribution in [1.29, 1.82) is 0 Å². The van der Waals surface area contributed by atoms with Crippen LogP contribution >= 0.6 is 24.8 Å². The minimum Gasteiger partial charge on any atom is -0.345 e. The lowest BCUT2D eigenvalue weighted by atomic mass is 11.0. The van der Waals surface area contributed by atoms with Gasteiger partial charge in [0.25, 0.3) is 10.1 Å². The second-order valence-corrected chi connectivity index (χ2v) is 4.23. The van der Waals surface area contributed by atoms with Crippen LogP contribution in [-0.2, 0) is 10.1 Å². The number of nitrogens with zero attached hydrogens (tertiary/aromatic N) is 1. The van der Waals surface area contributed by atoms with E-state index in [9.17, 15) is 8.42 Å². The number of rotatable bonds is 2. The summed E-state index contributed by atoms with van der Waals surface area (Å²) in [5.41, 5.74) is 0. The number of thiocarbonyl (C=S) groups is 1. The second-order valence-electron chi connectivity index (χ2n) is 1.69. The molecule has 0 aromatic carbocycles. The minimum absolute atomic E-state index is 0.123. The maximum Gasteiger partial charge on any atom is 0.283 e. The molecular weight excluding hydrogens is 194 g/mol. The van der Waals surface area contributed by atoms with Gasteiger partial charge < -0.3 is 4.90 Å². The zero-order valence-corrected chi connectivity index (χ0v) is 7.71. The van der Waals surface area contributed by atoms with Crippen LogP contribution in [-0.4, -0.2) is 35.1 Å². The van der Waals surface area contributed by atoms with Crippen LogP contribution in [0.15, 0.2) is 0 Å². The Balaban J connectivity index is 4.06. The molecule has 0 atom stereocenters. The average Bonchev–Trinajstić information content (AvgIpc) is 1.60. The van der Waals surface area contributed by atoms with Gasteiger partial charge in [0.2, 0.25) is 0 Å². The predicted molar refractivity (Wildman–Crippen MR) is 45.8 cm³/mol. The molecule has 0 unspecified atom stereocenters. The van der Waals surface area contributed by atoms with E-state index in [-0.39, 0.29) is 4.32 Å².